The Bertz CT molecular complexity index is 1290. The molecule has 5 heterocycles. The Kier molecular flexibility index (Phi) is 5.14. The molecule has 1 unspecified atom stereocenters. The molecule has 8 heteroatoms. The van der Waals surface area contributed by atoms with Gasteiger partial charge in [0.2, 0.25) is 0 Å². The van der Waals surface area contributed by atoms with E-state index < -0.39 is 0 Å². The van der Waals surface area contributed by atoms with Gasteiger partial charge < -0.3 is 9.64 Å². The van der Waals surface area contributed by atoms with Crippen molar-refractivity contribution in [3.63, 3.8) is 0 Å². The van der Waals surface area contributed by atoms with Crippen molar-refractivity contribution in [3.8, 4) is 28.1 Å². The molecule has 2 aliphatic heterocycles. The highest BCUT2D eigenvalue weighted by Crippen LogP contribution is 2.40. The maximum Gasteiger partial charge on any atom is 0.283 e. The van der Waals surface area contributed by atoms with Gasteiger partial charge >= 0.3 is 0 Å². The molecule has 7 nitrogen and oxygen atoms in total. The molecular formula is C25H23N5O2S. The quantitative estimate of drug-likeness (QED) is 0.492. The van der Waals surface area contributed by atoms with Crippen LogP contribution in [0.5, 0.6) is 5.75 Å². The van der Waals surface area contributed by atoms with Gasteiger partial charge in [0.1, 0.15) is 5.75 Å². The van der Waals surface area contributed by atoms with Crippen LogP contribution >= 0.6 is 11.3 Å². The lowest BCUT2D eigenvalue weighted by Crippen LogP contribution is -2.36. The van der Waals surface area contributed by atoms with Crippen molar-refractivity contribution >= 4 is 17.2 Å². The molecule has 0 bridgehead atoms. The predicted molar refractivity (Wildman–Crippen MR) is 126 cm³/mol. The standard InChI is InChI=1S/C25H23N5O2S/c31-25(30-10-3-5-19(30)13-18-4-1-2-9-26-18)24-29-23-20-7-6-16(17-14-27-28-15-17)12-21(20)32-11-8-22(23)33-24/h1-2,4,6-7,9,12,14-15,19H,3,5,8,10-11,13H2,(H,27,28). The van der Waals surface area contributed by atoms with E-state index in [9.17, 15) is 4.79 Å². The fourth-order valence-corrected chi connectivity index (χ4v) is 5.71. The van der Waals surface area contributed by atoms with Crippen LogP contribution in [0.3, 0.4) is 0 Å². The topological polar surface area (TPSA) is 84.0 Å². The fraction of sp³-hybridized carbons (Fsp3) is 0.280. The Morgan fingerprint density at radius 3 is 3.06 bits per heavy atom. The molecule has 33 heavy (non-hydrogen) atoms. The second-order valence-corrected chi connectivity index (χ2v) is 9.49. The van der Waals surface area contributed by atoms with Crippen LogP contribution in [0.1, 0.15) is 33.2 Å². The van der Waals surface area contributed by atoms with Gasteiger partial charge in [-0.15, -0.1) is 11.3 Å². The summed E-state index contributed by atoms with van der Waals surface area (Å²) in [4.78, 5) is 25.9. The Hall–Kier alpha value is -3.52. The highest BCUT2D eigenvalue weighted by atomic mass is 32.1. The van der Waals surface area contributed by atoms with Crippen LogP contribution in [-0.2, 0) is 12.8 Å². The maximum absolute atomic E-state index is 13.5. The zero-order chi connectivity index (χ0) is 22.2. The molecule has 3 aromatic heterocycles. The van der Waals surface area contributed by atoms with Crippen molar-refractivity contribution < 1.29 is 9.53 Å². The minimum Gasteiger partial charge on any atom is -0.492 e. The van der Waals surface area contributed by atoms with Crippen LogP contribution in [0, 0.1) is 0 Å². The van der Waals surface area contributed by atoms with E-state index in [1.165, 1.54) is 11.3 Å². The summed E-state index contributed by atoms with van der Waals surface area (Å²) in [5.74, 6) is 0.829. The number of rotatable bonds is 4. The number of carbonyl (C=O) groups is 1. The molecule has 1 N–H and O–H groups in total. The molecule has 2 aliphatic rings. The Morgan fingerprint density at radius 1 is 1.24 bits per heavy atom. The highest BCUT2D eigenvalue weighted by Gasteiger charge is 2.33. The summed E-state index contributed by atoms with van der Waals surface area (Å²) in [5, 5.41) is 7.45. The first kappa shape index (κ1) is 20.1. The molecule has 1 aromatic carbocycles. The lowest BCUT2D eigenvalue weighted by Gasteiger charge is -2.23. The number of hydrogen-bond donors (Lipinski definition) is 1. The highest BCUT2D eigenvalue weighted by molar-refractivity contribution is 7.14. The first-order valence-corrected chi connectivity index (χ1v) is 12.0. The Labute approximate surface area is 195 Å². The molecule has 6 rings (SSSR count). The molecule has 1 amide bonds. The third-order valence-electron chi connectivity index (χ3n) is 6.34. The summed E-state index contributed by atoms with van der Waals surface area (Å²) in [6, 6.07) is 12.2. The van der Waals surface area contributed by atoms with Crippen molar-refractivity contribution in [1.82, 2.24) is 25.1 Å². The average Bonchev–Trinajstić information content (AvgIpc) is 3.59. The molecule has 0 radical (unpaired) electrons. The van der Waals surface area contributed by atoms with Gasteiger partial charge in [-0.1, -0.05) is 12.1 Å². The largest absolute Gasteiger partial charge is 0.492 e. The molecule has 0 saturated carbocycles. The maximum atomic E-state index is 13.5. The molecular weight excluding hydrogens is 434 g/mol. The summed E-state index contributed by atoms with van der Waals surface area (Å²) < 4.78 is 6.05. The summed E-state index contributed by atoms with van der Waals surface area (Å²) in [6.07, 6.45) is 9.01. The molecule has 0 spiro atoms. The summed E-state index contributed by atoms with van der Waals surface area (Å²) in [7, 11) is 0. The van der Waals surface area contributed by atoms with E-state index in [1.54, 1.807) is 6.20 Å². The van der Waals surface area contributed by atoms with Gasteiger partial charge in [-0.2, -0.15) is 5.10 Å². The van der Waals surface area contributed by atoms with Gasteiger partial charge in [-0.25, -0.2) is 4.98 Å². The number of likely N-dealkylation sites (tertiary alicyclic amines) is 1. The molecule has 4 aromatic rings. The predicted octanol–water partition coefficient (Wildman–Crippen LogP) is 4.38. The van der Waals surface area contributed by atoms with Gasteiger partial charge in [0.05, 0.1) is 18.5 Å². The second-order valence-electron chi connectivity index (χ2n) is 8.41. The van der Waals surface area contributed by atoms with Gasteiger partial charge in [0, 0.05) is 59.5 Å². The number of hydrogen-bond acceptors (Lipinski definition) is 6. The van der Waals surface area contributed by atoms with Crippen LogP contribution < -0.4 is 4.74 Å². The van der Waals surface area contributed by atoms with E-state index in [1.807, 2.05) is 53.7 Å². The molecule has 0 aliphatic carbocycles. The smallest absolute Gasteiger partial charge is 0.283 e. The zero-order valence-corrected chi connectivity index (χ0v) is 18.8. The first-order valence-electron chi connectivity index (χ1n) is 11.2. The molecule has 1 saturated heterocycles. The third kappa shape index (κ3) is 3.80. The van der Waals surface area contributed by atoms with Gasteiger partial charge in [-0.05, 0) is 42.7 Å². The van der Waals surface area contributed by atoms with Gasteiger partial charge in [0.15, 0.2) is 5.01 Å². The minimum absolute atomic E-state index is 0.0315. The van der Waals surface area contributed by atoms with Crippen molar-refractivity contribution in [3.05, 3.63) is 70.6 Å². The van der Waals surface area contributed by atoms with E-state index in [0.29, 0.717) is 11.6 Å². The number of aromatic nitrogens is 4. The van der Waals surface area contributed by atoms with E-state index in [0.717, 1.165) is 70.9 Å². The minimum atomic E-state index is 0.0315. The number of benzene rings is 1. The van der Waals surface area contributed by atoms with Gasteiger partial charge in [-0.3, -0.25) is 14.9 Å². The van der Waals surface area contributed by atoms with E-state index in [4.69, 9.17) is 9.72 Å². The van der Waals surface area contributed by atoms with Crippen molar-refractivity contribution in [2.75, 3.05) is 13.2 Å². The third-order valence-corrected chi connectivity index (χ3v) is 7.45. The van der Waals surface area contributed by atoms with E-state index in [2.05, 4.69) is 15.2 Å². The zero-order valence-electron chi connectivity index (χ0n) is 18.0. The number of carbonyl (C=O) groups excluding carboxylic acids is 1. The normalized spacial score (nSPS) is 17.2. The number of aromatic amines is 1. The lowest BCUT2D eigenvalue weighted by molar-refractivity contribution is 0.0735. The van der Waals surface area contributed by atoms with E-state index in [-0.39, 0.29) is 11.9 Å². The summed E-state index contributed by atoms with van der Waals surface area (Å²) >= 11 is 1.50. The van der Waals surface area contributed by atoms with Crippen molar-refractivity contribution in [2.45, 2.75) is 31.7 Å². The van der Waals surface area contributed by atoms with Crippen LogP contribution in [0.25, 0.3) is 22.4 Å². The number of pyridine rings is 1. The Morgan fingerprint density at radius 2 is 2.21 bits per heavy atom. The average molecular weight is 458 g/mol. The van der Waals surface area contributed by atoms with E-state index >= 15 is 0 Å². The number of H-pyrrole nitrogens is 1. The number of thiazole rings is 1. The number of ether oxygens (including phenoxy) is 1. The number of amides is 1. The van der Waals surface area contributed by atoms with Gasteiger partial charge in [0.25, 0.3) is 5.91 Å². The van der Waals surface area contributed by atoms with Crippen LogP contribution in [0.4, 0.5) is 0 Å². The number of nitrogens with zero attached hydrogens (tertiary/aromatic N) is 4. The molecule has 166 valence electrons. The second kappa shape index (κ2) is 8.44. The molecule has 1 atom stereocenters. The number of nitrogens with one attached hydrogen (secondary N) is 1. The Balaban J connectivity index is 1.29. The summed E-state index contributed by atoms with van der Waals surface area (Å²) in [6.45, 7) is 1.34. The fourth-order valence-electron chi connectivity index (χ4n) is 4.70. The molecule has 1 fully saturated rings. The van der Waals surface area contributed by atoms with Crippen LogP contribution in [0.2, 0.25) is 0 Å². The van der Waals surface area contributed by atoms with Crippen molar-refractivity contribution in [1.29, 1.82) is 0 Å². The van der Waals surface area contributed by atoms with Crippen LogP contribution in [-0.4, -0.2) is 50.2 Å². The van der Waals surface area contributed by atoms with Crippen LogP contribution in [0.15, 0.2) is 55.0 Å². The summed E-state index contributed by atoms with van der Waals surface area (Å²) in [5.41, 5.74) is 4.88. The lowest BCUT2D eigenvalue weighted by atomic mass is 10.0. The number of fused-ring (bicyclic) bond motifs is 3. The van der Waals surface area contributed by atoms with Crippen molar-refractivity contribution in [2.24, 2.45) is 0 Å². The monoisotopic (exact) mass is 457 g/mol. The SMILES string of the molecule is O=C(c1nc2c(s1)CCOc1cc(-c3cn[nH]c3)ccc1-2)N1CCCC1Cc1ccccn1. The first-order chi connectivity index (χ1) is 16.3.